The highest BCUT2D eigenvalue weighted by Crippen LogP contribution is 2.27. The van der Waals surface area contributed by atoms with E-state index in [0.717, 1.165) is 27.9 Å². The van der Waals surface area contributed by atoms with Crippen molar-refractivity contribution in [1.29, 1.82) is 0 Å². The summed E-state index contributed by atoms with van der Waals surface area (Å²) in [4.78, 5) is 15.3. The van der Waals surface area contributed by atoms with Crippen LogP contribution in [0.1, 0.15) is 27.2 Å². The zero-order chi connectivity index (χ0) is 19.5. The van der Waals surface area contributed by atoms with Crippen molar-refractivity contribution in [2.24, 2.45) is 0 Å². The van der Waals surface area contributed by atoms with Crippen molar-refractivity contribution >= 4 is 17.3 Å². The number of hydrogen-bond donors (Lipinski definition) is 2. The van der Waals surface area contributed by atoms with Gasteiger partial charge >= 0.3 is 5.97 Å². The third kappa shape index (κ3) is 3.71. The van der Waals surface area contributed by atoms with Crippen LogP contribution in [0.5, 0.6) is 0 Å². The quantitative estimate of drug-likeness (QED) is 0.522. The van der Waals surface area contributed by atoms with Crippen LogP contribution in [0.3, 0.4) is 0 Å². The summed E-state index contributed by atoms with van der Waals surface area (Å²) in [6.45, 7) is 0.0173. The van der Waals surface area contributed by atoms with Gasteiger partial charge in [0.25, 0.3) is 0 Å². The van der Waals surface area contributed by atoms with Gasteiger partial charge in [0.15, 0.2) is 5.69 Å². The van der Waals surface area contributed by atoms with E-state index in [4.69, 9.17) is 5.11 Å². The summed E-state index contributed by atoms with van der Waals surface area (Å²) >= 11 is 1.24. The predicted molar refractivity (Wildman–Crippen MR) is 107 cm³/mol. The Morgan fingerprint density at radius 1 is 1.04 bits per heavy atom. The number of carboxylic acids is 1. The lowest BCUT2D eigenvalue weighted by Gasteiger charge is -2.04. The smallest absolute Gasteiger partial charge is 0.355 e. The lowest BCUT2D eigenvalue weighted by atomic mass is 10.0. The molecule has 28 heavy (non-hydrogen) atoms. The van der Waals surface area contributed by atoms with E-state index >= 15 is 0 Å². The lowest BCUT2D eigenvalue weighted by molar-refractivity contribution is 0.0691. The van der Waals surface area contributed by atoms with Gasteiger partial charge in [-0.15, -0.1) is 11.3 Å². The Kier molecular flexibility index (Phi) is 5.01. The van der Waals surface area contributed by atoms with Gasteiger partial charge in [0.05, 0.1) is 12.3 Å². The van der Waals surface area contributed by atoms with Crippen LogP contribution in [-0.4, -0.2) is 30.9 Å². The Balaban J connectivity index is 1.74. The highest BCUT2D eigenvalue weighted by Gasteiger charge is 2.16. The van der Waals surface area contributed by atoms with Crippen LogP contribution in [0.25, 0.3) is 16.4 Å². The molecule has 4 aromatic rings. The summed E-state index contributed by atoms with van der Waals surface area (Å²) in [5, 5.41) is 25.0. The molecule has 0 aliphatic carbocycles. The normalized spacial score (nSPS) is 10.9. The first-order chi connectivity index (χ1) is 13.6. The molecule has 4 rings (SSSR count). The van der Waals surface area contributed by atoms with Gasteiger partial charge in [-0.2, -0.15) is 5.10 Å². The summed E-state index contributed by atoms with van der Waals surface area (Å²) in [6.07, 6.45) is 2.56. The van der Waals surface area contributed by atoms with Gasteiger partial charge in [-0.25, -0.2) is 14.5 Å². The van der Waals surface area contributed by atoms with E-state index in [1.807, 2.05) is 60.8 Å². The van der Waals surface area contributed by atoms with Crippen LogP contribution in [0, 0.1) is 0 Å². The molecule has 2 heterocycles. The van der Waals surface area contributed by atoms with E-state index in [9.17, 15) is 9.90 Å². The fourth-order valence-corrected chi connectivity index (χ4v) is 3.65. The molecule has 0 bridgehead atoms. The molecular formula is C21H17N3O3S. The van der Waals surface area contributed by atoms with Gasteiger partial charge in [0, 0.05) is 29.1 Å². The minimum Gasteiger partial charge on any atom is -0.476 e. The summed E-state index contributed by atoms with van der Waals surface area (Å²) in [5.74, 6) is -1.05. The molecule has 0 amide bonds. The fraction of sp³-hybridized carbons (Fsp3) is 0.0952. The molecular weight excluding hydrogens is 374 g/mol. The molecule has 0 saturated carbocycles. The molecule has 2 aromatic carbocycles. The van der Waals surface area contributed by atoms with E-state index in [0.29, 0.717) is 11.6 Å². The highest BCUT2D eigenvalue weighted by atomic mass is 32.1. The molecule has 2 aromatic heterocycles. The maximum Gasteiger partial charge on any atom is 0.355 e. The number of carbonyl (C=O) groups is 1. The molecule has 0 atom stereocenters. The summed E-state index contributed by atoms with van der Waals surface area (Å²) in [6, 6.07) is 17.6. The number of nitrogens with zero attached hydrogens (tertiary/aromatic N) is 3. The van der Waals surface area contributed by atoms with Crippen LogP contribution in [0.2, 0.25) is 0 Å². The van der Waals surface area contributed by atoms with Gasteiger partial charge in [-0.1, -0.05) is 54.6 Å². The lowest BCUT2D eigenvalue weighted by Crippen LogP contribution is -1.99. The summed E-state index contributed by atoms with van der Waals surface area (Å²) in [5.41, 5.74) is 4.80. The molecule has 0 aliphatic heterocycles. The van der Waals surface area contributed by atoms with Crippen molar-refractivity contribution < 1.29 is 15.0 Å². The van der Waals surface area contributed by atoms with Crippen molar-refractivity contribution in [3.8, 4) is 16.4 Å². The largest absolute Gasteiger partial charge is 0.476 e. The summed E-state index contributed by atoms with van der Waals surface area (Å²) < 4.78 is 1.64. The zero-order valence-corrected chi connectivity index (χ0v) is 15.6. The monoisotopic (exact) mass is 391 g/mol. The Morgan fingerprint density at radius 3 is 2.39 bits per heavy atom. The van der Waals surface area contributed by atoms with Gasteiger partial charge in [0.1, 0.15) is 0 Å². The van der Waals surface area contributed by atoms with Crippen molar-refractivity contribution in [3.63, 3.8) is 0 Å². The van der Waals surface area contributed by atoms with E-state index in [1.54, 1.807) is 4.68 Å². The number of benzene rings is 2. The Morgan fingerprint density at radius 2 is 1.75 bits per heavy atom. The zero-order valence-electron chi connectivity index (χ0n) is 14.8. The van der Waals surface area contributed by atoms with E-state index in [-0.39, 0.29) is 12.3 Å². The summed E-state index contributed by atoms with van der Waals surface area (Å²) in [7, 11) is 0. The van der Waals surface area contributed by atoms with E-state index in [1.165, 1.54) is 16.7 Å². The first-order valence-electron chi connectivity index (χ1n) is 8.66. The number of carboxylic acid groups (broad SMARTS) is 1. The average Bonchev–Trinajstić information content (AvgIpc) is 3.37. The van der Waals surface area contributed by atoms with Crippen LogP contribution in [0.15, 0.2) is 66.2 Å². The number of aromatic nitrogens is 3. The molecule has 7 heteroatoms. The second-order valence-corrected chi connectivity index (χ2v) is 7.12. The first-order valence-corrected chi connectivity index (χ1v) is 9.54. The van der Waals surface area contributed by atoms with Crippen molar-refractivity contribution in [2.45, 2.75) is 13.0 Å². The van der Waals surface area contributed by atoms with E-state index in [2.05, 4.69) is 10.1 Å². The molecule has 2 N–H and O–H groups in total. The van der Waals surface area contributed by atoms with Crippen molar-refractivity contribution in [1.82, 2.24) is 14.8 Å². The Bertz CT molecular complexity index is 1100. The van der Waals surface area contributed by atoms with E-state index < -0.39 is 5.97 Å². The molecule has 0 spiro atoms. The number of aliphatic hydroxyl groups excluding tert-OH is 1. The molecule has 0 saturated heterocycles. The van der Waals surface area contributed by atoms with Crippen LogP contribution in [-0.2, 0) is 13.0 Å². The molecule has 6 nitrogen and oxygen atoms in total. The minimum atomic E-state index is -1.05. The SMILES string of the molecule is O=C(O)c1csc(-n2cc(Cc3ccc(CO)cc3)c(-c3ccccc3)n2)n1. The van der Waals surface area contributed by atoms with Crippen molar-refractivity contribution in [3.05, 3.63) is 88.6 Å². The third-order valence-electron chi connectivity index (χ3n) is 4.34. The number of rotatable bonds is 6. The average molecular weight is 391 g/mol. The first kappa shape index (κ1) is 18.1. The molecule has 0 fully saturated rings. The number of aliphatic hydroxyl groups is 1. The standard InChI is InChI=1S/C21H17N3O3S/c25-12-15-8-6-14(7-9-15)10-17-11-24(21-22-18(13-28-21)20(26)27)23-19(17)16-4-2-1-3-5-16/h1-9,11,13,25H,10,12H2,(H,26,27). The number of aromatic carboxylic acids is 1. The van der Waals surface area contributed by atoms with Crippen LogP contribution in [0.4, 0.5) is 0 Å². The second kappa shape index (κ2) is 7.75. The van der Waals surface area contributed by atoms with Crippen molar-refractivity contribution in [2.75, 3.05) is 0 Å². The van der Waals surface area contributed by atoms with Crippen LogP contribution >= 0.6 is 11.3 Å². The number of hydrogen-bond acceptors (Lipinski definition) is 5. The molecule has 0 aliphatic rings. The third-order valence-corrected chi connectivity index (χ3v) is 5.17. The van der Waals surface area contributed by atoms with Gasteiger partial charge in [0.2, 0.25) is 5.13 Å². The minimum absolute atomic E-state index is 0.0119. The van der Waals surface area contributed by atoms with Gasteiger partial charge in [-0.3, -0.25) is 0 Å². The second-order valence-electron chi connectivity index (χ2n) is 6.29. The Hall–Kier alpha value is -3.29. The molecule has 0 unspecified atom stereocenters. The Labute approximate surface area is 165 Å². The molecule has 0 radical (unpaired) electrons. The topological polar surface area (TPSA) is 88.2 Å². The maximum atomic E-state index is 11.1. The predicted octanol–water partition coefficient (Wildman–Crippen LogP) is 3.78. The number of thiazole rings is 1. The molecule has 140 valence electrons. The van der Waals surface area contributed by atoms with Gasteiger partial charge in [-0.05, 0) is 11.1 Å². The highest BCUT2D eigenvalue weighted by molar-refractivity contribution is 7.12. The fourth-order valence-electron chi connectivity index (χ4n) is 2.93. The maximum absolute atomic E-state index is 11.1. The van der Waals surface area contributed by atoms with Gasteiger partial charge < -0.3 is 10.2 Å². The van der Waals surface area contributed by atoms with Crippen LogP contribution < -0.4 is 0 Å².